The standard InChI is InChI=1S/C24H34N4O4S/c1-24(2,3)18(23(30)25-4)14-20(29)21-19-15-27(5)11-8-12-28(19)22(26-21)16-9-7-10-17(13-16)33(6,31)32/h7,9-10,13,18H,8,11-12,14-15H2,1-6H3,(H,25,30)/t18-/m1/s1. The molecule has 0 spiro atoms. The molecular weight excluding hydrogens is 440 g/mol. The van der Waals surface area contributed by atoms with Crippen LogP contribution in [0.4, 0.5) is 0 Å². The Morgan fingerprint density at radius 1 is 1.21 bits per heavy atom. The number of hydrogen-bond acceptors (Lipinski definition) is 6. The molecule has 0 radical (unpaired) electrons. The fourth-order valence-electron chi connectivity index (χ4n) is 4.28. The van der Waals surface area contributed by atoms with Crippen molar-refractivity contribution in [1.82, 2.24) is 19.8 Å². The minimum atomic E-state index is -3.38. The zero-order chi connectivity index (χ0) is 24.6. The molecule has 1 atom stereocenters. The number of aromatic nitrogens is 2. The number of Topliss-reactive ketones (excluding diaryl/α,β-unsaturated/α-hetero) is 1. The molecule has 0 bridgehead atoms. The second-order valence-corrected chi connectivity index (χ2v) is 11.9. The summed E-state index contributed by atoms with van der Waals surface area (Å²) in [6.07, 6.45) is 2.11. The van der Waals surface area contributed by atoms with E-state index in [0.29, 0.717) is 30.2 Å². The smallest absolute Gasteiger partial charge is 0.223 e. The lowest BCUT2D eigenvalue weighted by atomic mass is 9.77. The van der Waals surface area contributed by atoms with Crippen molar-refractivity contribution < 1.29 is 18.0 Å². The number of hydrogen-bond donors (Lipinski definition) is 1. The van der Waals surface area contributed by atoms with E-state index in [1.807, 2.05) is 38.5 Å². The third kappa shape index (κ3) is 5.52. The zero-order valence-corrected chi connectivity index (χ0v) is 21.1. The molecule has 33 heavy (non-hydrogen) atoms. The summed E-state index contributed by atoms with van der Waals surface area (Å²) in [4.78, 5) is 33.1. The van der Waals surface area contributed by atoms with Crippen LogP contribution >= 0.6 is 0 Å². The third-order valence-corrected chi connectivity index (χ3v) is 7.31. The molecule has 1 aromatic carbocycles. The molecule has 0 saturated carbocycles. The first-order valence-electron chi connectivity index (χ1n) is 11.2. The molecule has 8 nitrogen and oxygen atoms in total. The summed E-state index contributed by atoms with van der Waals surface area (Å²) in [5.74, 6) is -0.253. The van der Waals surface area contributed by atoms with E-state index in [9.17, 15) is 18.0 Å². The van der Waals surface area contributed by atoms with Crippen molar-refractivity contribution in [2.75, 3.05) is 26.9 Å². The molecule has 1 aromatic heterocycles. The number of carbonyl (C=O) groups excluding carboxylic acids is 2. The molecule has 3 rings (SSSR count). The van der Waals surface area contributed by atoms with Gasteiger partial charge in [0, 0.05) is 38.4 Å². The Morgan fingerprint density at radius 3 is 2.52 bits per heavy atom. The lowest BCUT2D eigenvalue weighted by Gasteiger charge is -2.28. The number of nitrogens with one attached hydrogen (secondary N) is 1. The van der Waals surface area contributed by atoms with E-state index in [1.165, 1.54) is 6.26 Å². The number of benzene rings is 1. The zero-order valence-electron chi connectivity index (χ0n) is 20.3. The average Bonchev–Trinajstić information content (AvgIpc) is 2.96. The van der Waals surface area contributed by atoms with Crippen LogP contribution in [0.3, 0.4) is 0 Å². The Kier molecular flexibility index (Phi) is 7.14. The quantitative estimate of drug-likeness (QED) is 0.646. The Bertz CT molecular complexity index is 1160. The van der Waals surface area contributed by atoms with Crippen LogP contribution in [-0.4, -0.2) is 61.5 Å². The van der Waals surface area contributed by atoms with Crippen molar-refractivity contribution in [1.29, 1.82) is 0 Å². The largest absolute Gasteiger partial charge is 0.359 e. The minimum absolute atomic E-state index is 0.0553. The van der Waals surface area contributed by atoms with E-state index < -0.39 is 21.2 Å². The molecule has 1 amide bonds. The second kappa shape index (κ2) is 9.38. The van der Waals surface area contributed by atoms with Crippen LogP contribution in [0.25, 0.3) is 11.4 Å². The van der Waals surface area contributed by atoms with E-state index in [1.54, 1.807) is 25.2 Å². The van der Waals surface area contributed by atoms with Gasteiger partial charge < -0.3 is 14.8 Å². The Balaban J connectivity index is 2.11. The van der Waals surface area contributed by atoms with Gasteiger partial charge in [-0.3, -0.25) is 9.59 Å². The molecule has 1 aliphatic rings. The fourth-order valence-corrected chi connectivity index (χ4v) is 4.95. The van der Waals surface area contributed by atoms with Crippen molar-refractivity contribution in [3.05, 3.63) is 35.7 Å². The van der Waals surface area contributed by atoms with Gasteiger partial charge in [0.1, 0.15) is 11.5 Å². The maximum atomic E-state index is 13.5. The molecule has 2 aromatic rings. The number of nitrogens with zero attached hydrogens (tertiary/aromatic N) is 3. The number of fused-ring (bicyclic) bond motifs is 1. The van der Waals surface area contributed by atoms with Gasteiger partial charge in [-0.1, -0.05) is 32.9 Å². The number of amides is 1. The highest BCUT2D eigenvalue weighted by atomic mass is 32.2. The first kappa shape index (κ1) is 25.1. The topological polar surface area (TPSA) is 101 Å². The number of imidazole rings is 1. The van der Waals surface area contributed by atoms with E-state index >= 15 is 0 Å². The number of ketones is 1. The molecule has 1 N–H and O–H groups in total. The van der Waals surface area contributed by atoms with Crippen molar-refractivity contribution in [2.24, 2.45) is 11.3 Å². The van der Waals surface area contributed by atoms with Gasteiger partial charge in [-0.15, -0.1) is 0 Å². The van der Waals surface area contributed by atoms with Crippen molar-refractivity contribution in [2.45, 2.75) is 51.6 Å². The molecule has 0 unspecified atom stereocenters. The number of sulfone groups is 1. The molecule has 0 fully saturated rings. The average molecular weight is 475 g/mol. The summed E-state index contributed by atoms with van der Waals surface area (Å²) in [6, 6.07) is 6.67. The van der Waals surface area contributed by atoms with Crippen LogP contribution in [0.15, 0.2) is 29.2 Å². The van der Waals surface area contributed by atoms with Crippen molar-refractivity contribution in [3.63, 3.8) is 0 Å². The SMILES string of the molecule is CNC(=O)[C@@H](CC(=O)c1nc(-c2cccc(S(C)(=O)=O)c2)n2c1CN(C)CCC2)C(C)(C)C. The van der Waals surface area contributed by atoms with Crippen LogP contribution in [0.1, 0.15) is 49.8 Å². The van der Waals surface area contributed by atoms with Crippen LogP contribution in [0.2, 0.25) is 0 Å². The van der Waals surface area contributed by atoms with Gasteiger partial charge >= 0.3 is 0 Å². The van der Waals surface area contributed by atoms with Crippen LogP contribution in [-0.2, 0) is 27.7 Å². The number of rotatable bonds is 6. The normalized spacial score (nSPS) is 16.1. The van der Waals surface area contributed by atoms with Crippen LogP contribution in [0.5, 0.6) is 0 Å². The minimum Gasteiger partial charge on any atom is -0.359 e. The Hall–Kier alpha value is -2.52. The van der Waals surface area contributed by atoms with Crippen LogP contribution < -0.4 is 5.32 Å². The van der Waals surface area contributed by atoms with Crippen LogP contribution in [0, 0.1) is 11.3 Å². The van der Waals surface area contributed by atoms with E-state index in [-0.39, 0.29) is 23.0 Å². The van der Waals surface area contributed by atoms with E-state index in [4.69, 9.17) is 4.98 Å². The highest BCUT2D eigenvalue weighted by Gasteiger charge is 2.35. The monoisotopic (exact) mass is 474 g/mol. The van der Waals surface area contributed by atoms with Gasteiger partial charge in [-0.05, 0) is 37.6 Å². The van der Waals surface area contributed by atoms with Crippen molar-refractivity contribution in [3.8, 4) is 11.4 Å². The molecule has 180 valence electrons. The summed E-state index contributed by atoms with van der Waals surface area (Å²) >= 11 is 0. The van der Waals surface area contributed by atoms with Gasteiger partial charge in [0.2, 0.25) is 5.91 Å². The maximum absolute atomic E-state index is 13.5. The Morgan fingerprint density at radius 2 is 1.91 bits per heavy atom. The predicted molar refractivity (Wildman–Crippen MR) is 128 cm³/mol. The first-order chi connectivity index (χ1) is 15.3. The van der Waals surface area contributed by atoms with Gasteiger partial charge in [0.25, 0.3) is 0 Å². The molecule has 1 aliphatic heterocycles. The molecule has 2 heterocycles. The summed E-state index contributed by atoms with van der Waals surface area (Å²) < 4.78 is 26.2. The lowest BCUT2D eigenvalue weighted by Crippen LogP contribution is -2.37. The van der Waals surface area contributed by atoms with E-state index in [2.05, 4.69) is 10.2 Å². The second-order valence-electron chi connectivity index (χ2n) is 9.93. The highest BCUT2D eigenvalue weighted by Crippen LogP contribution is 2.33. The molecule has 9 heteroatoms. The molecule has 0 saturated heterocycles. The van der Waals surface area contributed by atoms with Gasteiger partial charge in [-0.25, -0.2) is 13.4 Å². The van der Waals surface area contributed by atoms with Gasteiger partial charge in [0.15, 0.2) is 15.6 Å². The summed E-state index contributed by atoms with van der Waals surface area (Å²) in [5.41, 5.74) is 1.43. The molecule has 0 aliphatic carbocycles. The lowest BCUT2D eigenvalue weighted by molar-refractivity contribution is -0.127. The Labute approximate surface area is 196 Å². The van der Waals surface area contributed by atoms with Gasteiger partial charge in [-0.2, -0.15) is 0 Å². The fraction of sp³-hybridized carbons (Fsp3) is 0.542. The van der Waals surface area contributed by atoms with E-state index in [0.717, 1.165) is 18.7 Å². The number of carbonyl (C=O) groups is 2. The third-order valence-electron chi connectivity index (χ3n) is 6.20. The highest BCUT2D eigenvalue weighted by molar-refractivity contribution is 7.90. The summed E-state index contributed by atoms with van der Waals surface area (Å²) in [6.45, 7) is 7.95. The first-order valence-corrected chi connectivity index (χ1v) is 13.0. The molecular formula is C24H34N4O4S. The maximum Gasteiger partial charge on any atom is 0.223 e. The summed E-state index contributed by atoms with van der Waals surface area (Å²) in [5, 5.41) is 2.68. The summed E-state index contributed by atoms with van der Waals surface area (Å²) in [7, 11) is 0.201. The van der Waals surface area contributed by atoms with Gasteiger partial charge in [0.05, 0.1) is 16.5 Å². The van der Waals surface area contributed by atoms with Crippen molar-refractivity contribution >= 4 is 21.5 Å². The predicted octanol–water partition coefficient (Wildman–Crippen LogP) is 2.77.